The van der Waals surface area contributed by atoms with Crippen molar-refractivity contribution >= 4 is 22.8 Å². The van der Waals surface area contributed by atoms with E-state index in [1.807, 2.05) is 0 Å². The van der Waals surface area contributed by atoms with Crippen LogP contribution < -0.4 is 0 Å². The van der Waals surface area contributed by atoms with Crippen molar-refractivity contribution in [3.63, 3.8) is 0 Å². The molecule has 0 unspecified atom stereocenters. The lowest BCUT2D eigenvalue weighted by Crippen LogP contribution is -2.04. The molecular formula is C9H6O3S. The van der Waals surface area contributed by atoms with Gasteiger partial charge in [0.25, 0.3) is 0 Å². The Labute approximate surface area is 78.8 Å². The maximum Gasteiger partial charge on any atom is 0.336 e. The molecular weight excluding hydrogens is 188 g/mol. The van der Waals surface area contributed by atoms with Crippen molar-refractivity contribution in [3.05, 3.63) is 34.9 Å². The van der Waals surface area contributed by atoms with Crippen LogP contribution in [-0.2, 0) is 5.75 Å². The van der Waals surface area contributed by atoms with Crippen LogP contribution in [0.3, 0.4) is 0 Å². The molecule has 1 aliphatic heterocycles. The molecule has 0 saturated carbocycles. The minimum absolute atomic E-state index is 0.118. The fraction of sp³-hybridized carbons (Fsp3) is 0.111. The molecule has 0 bridgehead atoms. The molecule has 0 aromatic heterocycles. The Kier molecular flexibility index (Phi) is 1.84. The summed E-state index contributed by atoms with van der Waals surface area (Å²) < 4.78 is 0. The normalized spacial score (nSPS) is 14.3. The lowest BCUT2D eigenvalue weighted by Gasteiger charge is -2.00. The van der Waals surface area contributed by atoms with Gasteiger partial charge in [0.05, 0.1) is 5.56 Å². The first-order valence-corrected chi connectivity index (χ1v) is 4.71. The number of aromatic carboxylic acids is 1. The maximum absolute atomic E-state index is 11.3. The van der Waals surface area contributed by atoms with Crippen LogP contribution in [0.4, 0.5) is 0 Å². The summed E-state index contributed by atoms with van der Waals surface area (Å²) in [5.74, 6) is -0.442. The molecule has 1 aliphatic rings. The third-order valence-corrected chi connectivity index (χ3v) is 2.87. The predicted octanol–water partition coefficient (Wildman–Crippen LogP) is 1.77. The molecule has 1 N–H and O–H groups in total. The molecule has 4 heteroatoms. The molecule has 1 aromatic carbocycles. The molecule has 0 amide bonds. The van der Waals surface area contributed by atoms with Crippen LogP contribution in [-0.4, -0.2) is 16.2 Å². The van der Waals surface area contributed by atoms with E-state index in [-0.39, 0.29) is 10.7 Å². The van der Waals surface area contributed by atoms with Gasteiger partial charge in [-0.3, -0.25) is 4.79 Å². The van der Waals surface area contributed by atoms with Crippen LogP contribution in [0.5, 0.6) is 0 Å². The molecule has 1 aromatic rings. The summed E-state index contributed by atoms with van der Waals surface area (Å²) >= 11 is 1.16. The Balaban J connectivity index is 2.66. The highest BCUT2D eigenvalue weighted by molar-refractivity contribution is 8.13. The minimum Gasteiger partial charge on any atom is -0.478 e. The Morgan fingerprint density at radius 3 is 2.92 bits per heavy atom. The van der Waals surface area contributed by atoms with Gasteiger partial charge in [-0.2, -0.15) is 0 Å². The second kappa shape index (κ2) is 2.88. The molecule has 13 heavy (non-hydrogen) atoms. The summed E-state index contributed by atoms with van der Waals surface area (Å²) in [5.41, 5.74) is 1.32. The molecule has 2 rings (SSSR count). The van der Waals surface area contributed by atoms with Gasteiger partial charge in [-0.05, 0) is 11.6 Å². The van der Waals surface area contributed by atoms with Crippen molar-refractivity contribution in [2.24, 2.45) is 0 Å². The van der Waals surface area contributed by atoms with Crippen molar-refractivity contribution in [1.82, 2.24) is 0 Å². The lowest BCUT2D eigenvalue weighted by atomic mass is 10.0. The van der Waals surface area contributed by atoms with Crippen LogP contribution in [0.15, 0.2) is 18.2 Å². The molecule has 1 heterocycles. The average Bonchev–Trinajstić information content (AvgIpc) is 2.48. The van der Waals surface area contributed by atoms with E-state index in [2.05, 4.69) is 0 Å². The SMILES string of the molecule is O=C(O)c1cccc2c1C(=O)SC2. The summed E-state index contributed by atoms with van der Waals surface area (Å²) in [6.07, 6.45) is 0. The number of carbonyl (C=O) groups excluding carboxylic acids is 1. The summed E-state index contributed by atoms with van der Waals surface area (Å²) in [6.45, 7) is 0. The summed E-state index contributed by atoms with van der Waals surface area (Å²) in [5, 5.41) is 8.67. The first kappa shape index (κ1) is 8.31. The van der Waals surface area contributed by atoms with E-state index in [1.165, 1.54) is 6.07 Å². The molecule has 0 aliphatic carbocycles. The zero-order valence-corrected chi connectivity index (χ0v) is 7.43. The summed E-state index contributed by atoms with van der Waals surface area (Å²) in [6, 6.07) is 4.92. The summed E-state index contributed by atoms with van der Waals surface area (Å²) in [4.78, 5) is 22.0. The van der Waals surface area contributed by atoms with Crippen molar-refractivity contribution in [2.75, 3.05) is 0 Å². The monoisotopic (exact) mass is 194 g/mol. The standard InChI is InChI=1S/C9H6O3S/c10-8(11)6-3-1-2-5-4-13-9(12)7(5)6/h1-3H,4H2,(H,10,11). The predicted molar refractivity (Wildman–Crippen MR) is 49.0 cm³/mol. The van der Waals surface area contributed by atoms with Crippen LogP contribution >= 0.6 is 11.8 Å². The Hall–Kier alpha value is -1.29. The van der Waals surface area contributed by atoms with Crippen LogP contribution in [0.25, 0.3) is 0 Å². The third-order valence-electron chi connectivity index (χ3n) is 1.94. The number of thioether (sulfide) groups is 1. The fourth-order valence-electron chi connectivity index (χ4n) is 1.36. The smallest absolute Gasteiger partial charge is 0.336 e. The highest BCUT2D eigenvalue weighted by Crippen LogP contribution is 2.31. The number of hydrogen-bond acceptors (Lipinski definition) is 3. The number of carboxylic acid groups (broad SMARTS) is 1. The number of benzene rings is 1. The molecule has 0 saturated heterocycles. The van der Waals surface area contributed by atoms with E-state index in [4.69, 9.17) is 5.11 Å². The lowest BCUT2D eigenvalue weighted by molar-refractivity contribution is 0.0693. The first-order valence-electron chi connectivity index (χ1n) is 3.72. The van der Waals surface area contributed by atoms with E-state index >= 15 is 0 Å². The van der Waals surface area contributed by atoms with Crippen molar-refractivity contribution in [3.8, 4) is 0 Å². The van der Waals surface area contributed by atoms with Crippen molar-refractivity contribution < 1.29 is 14.7 Å². The van der Waals surface area contributed by atoms with Gasteiger partial charge >= 0.3 is 5.97 Å². The number of rotatable bonds is 1. The van der Waals surface area contributed by atoms with E-state index in [0.29, 0.717) is 11.3 Å². The highest BCUT2D eigenvalue weighted by Gasteiger charge is 2.25. The van der Waals surface area contributed by atoms with Gasteiger partial charge in [-0.25, -0.2) is 4.79 Å². The second-order valence-electron chi connectivity index (χ2n) is 2.72. The Morgan fingerprint density at radius 2 is 2.23 bits per heavy atom. The van der Waals surface area contributed by atoms with Gasteiger partial charge in [0.2, 0.25) is 5.12 Å². The number of hydrogen-bond donors (Lipinski definition) is 1. The molecule has 0 spiro atoms. The average molecular weight is 194 g/mol. The van der Waals surface area contributed by atoms with Gasteiger partial charge in [-0.1, -0.05) is 23.9 Å². The fourth-order valence-corrected chi connectivity index (χ4v) is 2.27. The number of carboxylic acids is 1. The molecule has 0 atom stereocenters. The van der Waals surface area contributed by atoms with E-state index in [9.17, 15) is 9.59 Å². The van der Waals surface area contributed by atoms with Crippen LogP contribution in [0, 0.1) is 0 Å². The first-order chi connectivity index (χ1) is 6.20. The molecule has 0 fully saturated rings. The van der Waals surface area contributed by atoms with Gasteiger partial charge in [-0.15, -0.1) is 0 Å². The van der Waals surface area contributed by atoms with E-state index in [1.54, 1.807) is 12.1 Å². The summed E-state index contributed by atoms with van der Waals surface area (Å²) in [7, 11) is 0. The van der Waals surface area contributed by atoms with Crippen LogP contribution in [0.1, 0.15) is 26.3 Å². The van der Waals surface area contributed by atoms with Gasteiger partial charge < -0.3 is 5.11 Å². The van der Waals surface area contributed by atoms with Gasteiger partial charge in [0.1, 0.15) is 0 Å². The number of fused-ring (bicyclic) bond motifs is 1. The van der Waals surface area contributed by atoms with Crippen molar-refractivity contribution in [2.45, 2.75) is 5.75 Å². The largest absolute Gasteiger partial charge is 0.478 e. The Bertz CT molecular complexity index is 398. The third kappa shape index (κ3) is 1.23. The zero-order chi connectivity index (χ0) is 9.42. The van der Waals surface area contributed by atoms with E-state index in [0.717, 1.165) is 17.3 Å². The van der Waals surface area contributed by atoms with Gasteiger partial charge in [0.15, 0.2) is 0 Å². The molecule has 66 valence electrons. The van der Waals surface area contributed by atoms with Crippen LogP contribution in [0.2, 0.25) is 0 Å². The molecule has 0 radical (unpaired) electrons. The second-order valence-corrected chi connectivity index (χ2v) is 3.67. The Morgan fingerprint density at radius 1 is 1.46 bits per heavy atom. The minimum atomic E-state index is -1.03. The molecule has 3 nitrogen and oxygen atoms in total. The maximum atomic E-state index is 11.3. The quantitative estimate of drug-likeness (QED) is 0.740. The topological polar surface area (TPSA) is 54.4 Å². The number of carbonyl (C=O) groups is 2. The zero-order valence-electron chi connectivity index (χ0n) is 6.61. The van der Waals surface area contributed by atoms with Gasteiger partial charge in [0, 0.05) is 11.3 Å². The van der Waals surface area contributed by atoms with Crippen molar-refractivity contribution in [1.29, 1.82) is 0 Å². The van der Waals surface area contributed by atoms with E-state index < -0.39 is 5.97 Å². The highest BCUT2D eigenvalue weighted by atomic mass is 32.2.